The van der Waals surface area contributed by atoms with Crippen molar-refractivity contribution in [1.82, 2.24) is 20.4 Å². The number of aryl methyl sites for hydroxylation is 1. The van der Waals surface area contributed by atoms with Crippen molar-refractivity contribution < 1.29 is 14.1 Å². The topological polar surface area (TPSA) is 110 Å². The number of amides is 2. The van der Waals surface area contributed by atoms with Crippen LogP contribution >= 0.6 is 0 Å². The van der Waals surface area contributed by atoms with Crippen LogP contribution in [0.25, 0.3) is 11.4 Å². The van der Waals surface area contributed by atoms with Gasteiger partial charge in [0, 0.05) is 48.6 Å². The van der Waals surface area contributed by atoms with E-state index in [1.807, 2.05) is 36.4 Å². The van der Waals surface area contributed by atoms with E-state index in [-0.39, 0.29) is 18.2 Å². The van der Waals surface area contributed by atoms with Gasteiger partial charge in [0.05, 0.1) is 0 Å². The maximum absolute atomic E-state index is 12.4. The molecule has 0 aliphatic rings. The number of nitrogens with one attached hydrogen (secondary N) is 2. The van der Waals surface area contributed by atoms with Crippen molar-refractivity contribution in [1.29, 1.82) is 0 Å². The highest BCUT2D eigenvalue weighted by atomic mass is 16.5. The van der Waals surface area contributed by atoms with Crippen LogP contribution in [0.1, 0.15) is 28.2 Å². The van der Waals surface area contributed by atoms with Crippen LogP contribution in [0.15, 0.2) is 83.6 Å². The monoisotopic (exact) mass is 427 g/mol. The van der Waals surface area contributed by atoms with Crippen molar-refractivity contribution >= 4 is 17.5 Å². The Bertz CT molecular complexity index is 1190. The van der Waals surface area contributed by atoms with Gasteiger partial charge in [-0.15, -0.1) is 0 Å². The molecule has 0 aliphatic carbocycles. The van der Waals surface area contributed by atoms with Crippen LogP contribution in [0.3, 0.4) is 0 Å². The lowest BCUT2D eigenvalue weighted by molar-refractivity contribution is -0.121. The van der Waals surface area contributed by atoms with Crippen molar-refractivity contribution in [2.45, 2.75) is 19.4 Å². The second-order valence-corrected chi connectivity index (χ2v) is 7.04. The Hall–Kier alpha value is -4.33. The zero-order valence-corrected chi connectivity index (χ0v) is 17.2. The molecule has 0 atom stereocenters. The lowest BCUT2D eigenvalue weighted by Crippen LogP contribution is -2.23. The molecule has 4 rings (SSSR count). The molecule has 4 aromatic rings. The van der Waals surface area contributed by atoms with Gasteiger partial charge in [-0.3, -0.25) is 14.6 Å². The molecule has 0 saturated carbocycles. The van der Waals surface area contributed by atoms with Gasteiger partial charge in [-0.1, -0.05) is 35.5 Å². The van der Waals surface area contributed by atoms with E-state index < -0.39 is 0 Å². The van der Waals surface area contributed by atoms with Gasteiger partial charge in [-0.2, -0.15) is 4.98 Å². The second kappa shape index (κ2) is 10.1. The number of carbonyl (C=O) groups is 2. The summed E-state index contributed by atoms with van der Waals surface area (Å²) < 4.78 is 5.22. The van der Waals surface area contributed by atoms with Crippen LogP contribution in [0, 0.1) is 0 Å². The minimum Gasteiger partial charge on any atom is -0.352 e. The fraction of sp³-hybridized carbons (Fsp3) is 0.125. The number of carbonyl (C=O) groups excluding carboxylic acids is 2. The number of nitrogens with zero attached hydrogens (tertiary/aromatic N) is 3. The largest absolute Gasteiger partial charge is 0.352 e. The van der Waals surface area contributed by atoms with Crippen molar-refractivity contribution in [3.05, 3.63) is 96.1 Å². The Labute approximate surface area is 184 Å². The van der Waals surface area contributed by atoms with E-state index in [2.05, 4.69) is 25.8 Å². The van der Waals surface area contributed by atoms with E-state index in [0.29, 0.717) is 30.2 Å². The Balaban J connectivity index is 1.27. The molecule has 160 valence electrons. The van der Waals surface area contributed by atoms with E-state index in [1.54, 1.807) is 42.7 Å². The van der Waals surface area contributed by atoms with E-state index in [9.17, 15) is 9.59 Å². The first-order valence-corrected chi connectivity index (χ1v) is 10.1. The fourth-order valence-corrected chi connectivity index (χ4v) is 3.03. The van der Waals surface area contributed by atoms with E-state index in [4.69, 9.17) is 4.52 Å². The minimum atomic E-state index is -0.203. The number of para-hydroxylation sites is 1. The molecule has 0 radical (unpaired) electrons. The lowest BCUT2D eigenvalue weighted by Gasteiger charge is -2.08. The van der Waals surface area contributed by atoms with E-state index in [0.717, 1.165) is 16.8 Å². The highest BCUT2D eigenvalue weighted by Gasteiger charge is 2.11. The molecular formula is C24H21N5O3. The zero-order valence-electron chi connectivity index (χ0n) is 17.2. The highest BCUT2D eigenvalue weighted by Crippen LogP contribution is 2.15. The highest BCUT2D eigenvalue weighted by molar-refractivity contribution is 6.04. The first-order valence-electron chi connectivity index (χ1n) is 10.1. The van der Waals surface area contributed by atoms with Crippen molar-refractivity contribution in [2.75, 3.05) is 5.32 Å². The van der Waals surface area contributed by atoms with Gasteiger partial charge < -0.3 is 15.2 Å². The molecule has 0 aliphatic heterocycles. The van der Waals surface area contributed by atoms with Gasteiger partial charge in [0.2, 0.25) is 17.6 Å². The first kappa shape index (κ1) is 20.9. The molecule has 2 amide bonds. The summed E-state index contributed by atoms with van der Waals surface area (Å²) in [5.41, 5.74) is 2.88. The van der Waals surface area contributed by atoms with Crippen LogP contribution in [0.2, 0.25) is 0 Å². The molecule has 8 nitrogen and oxygen atoms in total. The van der Waals surface area contributed by atoms with Gasteiger partial charge in [0.1, 0.15) is 0 Å². The van der Waals surface area contributed by atoms with Crippen molar-refractivity contribution in [3.63, 3.8) is 0 Å². The normalized spacial score (nSPS) is 10.5. The molecule has 8 heteroatoms. The van der Waals surface area contributed by atoms with Gasteiger partial charge in [0.15, 0.2) is 0 Å². The maximum atomic E-state index is 12.4. The van der Waals surface area contributed by atoms with Gasteiger partial charge >= 0.3 is 0 Å². The van der Waals surface area contributed by atoms with Gasteiger partial charge in [-0.25, -0.2) is 0 Å². The molecule has 0 bridgehead atoms. The number of hydrogen-bond acceptors (Lipinski definition) is 6. The Morgan fingerprint density at radius 1 is 0.938 bits per heavy atom. The smallest absolute Gasteiger partial charge is 0.255 e. The van der Waals surface area contributed by atoms with Gasteiger partial charge in [-0.05, 0) is 42.0 Å². The molecule has 2 N–H and O–H groups in total. The van der Waals surface area contributed by atoms with Crippen LogP contribution in [0.4, 0.5) is 5.69 Å². The lowest BCUT2D eigenvalue weighted by atomic mass is 10.1. The van der Waals surface area contributed by atoms with Crippen LogP contribution < -0.4 is 10.6 Å². The number of aromatic nitrogens is 3. The van der Waals surface area contributed by atoms with Crippen LogP contribution in [0.5, 0.6) is 0 Å². The quantitative estimate of drug-likeness (QED) is 0.444. The third kappa shape index (κ3) is 5.63. The Morgan fingerprint density at radius 2 is 1.75 bits per heavy atom. The third-order valence-electron chi connectivity index (χ3n) is 4.68. The summed E-state index contributed by atoms with van der Waals surface area (Å²) in [5.74, 6) is 0.513. The number of anilines is 1. The SMILES string of the molecule is O=C(CCc1nc(-c2ccncc2)no1)NCc1cccc(C(=O)Nc2ccccc2)c1. The molecule has 2 aromatic carbocycles. The molecule has 2 heterocycles. The summed E-state index contributed by atoms with van der Waals surface area (Å²) in [7, 11) is 0. The predicted molar refractivity (Wildman–Crippen MR) is 119 cm³/mol. The zero-order chi connectivity index (χ0) is 22.2. The number of benzene rings is 2. The Morgan fingerprint density at radius 3 is 2.56 bits per heavy atom. The summed E-state index contributed by atoms with van der Waals surface area (Å²) in [5, 5.41) is 9.63. The Kier molecular flexibility index (Phi) is 6.62. The molecular weight excluding hydrogens is 406 g/mol. The fourth-order valence-electron chi connectivity index (χ4n) is 3.03. The van der Waals surface area contributed by atoms with E-state index >= 15 is 0 Å². The average Bonchev–Trinajstić information content (AvgIpc) is 3.32. The summed E-state index contributed by atoms with van der Waals surface area (Å²) in [6.07, 6.45) is 3.85. The first-order chi connectivity index (χ1) is 15.7. The molecule has 32 heavy (non-hydrogen) atoms. The summed E-state index contributed by atoms with van der Waals surface area (Å²) >= 11 is 0. The summed E-state index contributed by atoms with van der Waals surface area (Å²) in [4.78, 5) is 32.9. The van der Waals surface area contributed by atoms with Crippen LogP contribution in [-0.2, 0) is 17.8 Å². The maximum Gasteiger partial charge on any atom is 0.255 e. The molecule has 0 spiro atoms. The summed E-state index contributed by atoms with van der Waals surface area (Å²) in [6.45, 7) is 0.317. The third-order valence-corrected chi connectivity index (χ3v) is 4.68. The number of hydrogen-bond donors (Lipinski definition) is 2. The van der Waals surface area contributed by atoms with E-state index in [1.165, 1.54) is 0 Å². The summed E-state index contributed by atoms with van der Waals surface area (Å²) in [6, 6.07) is 20.0. The van der Waals surface area contributed by atoms with Gasteiger partial charge in [0.25, 0.3) is 5.91 Å². The number of pyridine rings is 1. The second-order valence-electron chi connectivity index (χ2n) is 7.04. The minimum absolute atomic E-state index is 0.146. The molecule has 0 fully saturated rings. The molecule has 2 aromatic heterocycles. The van der Waals surface area contributed by atoms with Crippen LogP contribution in [-0.4, -0.2) is 26.9 Å². The standard InChI is InChI=1S/C24H21N5O3/c30-21(9-10-22-28-23(29-32-22)18-11-13-25-14-12-18)26-16-17-5-4-6-19(15-17)24(31)27-20-7-2-1-3-8-20/h1-8,11-15H,9-10,16H2,(H,26,30)(H,27,31). The predicted octanol–water partition coefficient (Wildman–Crippen LogP) is 3.63. The van der Waals surface area contributed by atoms with Crippen molar-refractivity contribution in [2.24, 2.45) is 0 Å². The molecule has 0 unspecified atom stereocenters. The average molecular weight is 427 g/mol. The number of rotatable bonds is 8. The van der Waals surface area contributed by atoms with Crippen molar-refractivity contribution in [3.8, 4) is 11.4 Å². The molecule has 0 saturated heterocycles.